The van der Waals surface area contributed by atoms with Crippen LogP contribution in [0.4, 0.5) is 0 Å². The van der Waals surface area contributed by atoms with Crippen LogP contribution in [0.2, 0.25) is 0 Å². The SMILES string of the molecule is CCn1c(C)nnc1CN(C)CC1(O)CCCC1. The van der Waals surface area contributed by atoms with Gasteiger partial charge in [0.05, 0.1) is 12.1 Å². The highest BCUT2D eigenvalue weighted by Gasteiger charge is 2.32. The molecule has 0 saturated heterocycles. The van der Waals surface area contributed by atoms with Gasteiger partial charge < -0.3 is 9.67 Å². The van der Waals surface area contributed by atoms with Crippen molar-refractivity contribution in [1.29, 1.82) is 0 Å². The van der Waals surface area contributed by atoms with Gasteiger partial charge in [-0.05, 0) is 33.7 Å². The van der Waals surface area contributed by atoms with Crippen molar-refractivity contribution < 1.29 is 5.11 Å². The third-order valence-corrected chi connectivity index (χ3v) is 3.84. The van der Waals surface area contributed by atoms with Crippen molar-refractivity contribution in [3.8, 4) is 0 Å². The summed E-state index contributed by atoms with van der Waals surface area (Å²) in [6.45, 7) is 6.45. The molecule has 1 N–H and O–H groups in total. The van der Waals surface area contributed by atoms with Crippen LogP contribution in [0, 0.1) is 6.92 Å². The largest absolute Gasteiger partial charge is 0.389 e. The molecule has 2 rings (SSSR count). The second-order valence-electron chi connectivity index (χ2n) is 5.51. The molecule has 18 heavy (non-hydrogen) atoms. The Morgan fingerprint density at radius 2 is 2.00 bits per heavy atom. The molecule has 0 amide bonds. The van der Waals surface area contributed by atoms with Crippen molar-refractivity contribution in [2.45, 2.75) is 58.2 Å². The van der Waals surface area contributed by atoms with Crippen molar-refractivity contribution in [3.63, 3.8) is 0 Å². The highest BCUT2D eigenvalue weighted by molar-refractivity contribution is 4.95. The fourth-order valence-electron chi connectivity index (χ4n) is 2.94. The first-order chi connectivity index (χ1) is 8.54. The molecular formula is C13H24N4O. The summed E-state index contributed by atoms with van der Waals surface area (Å²) < 4.78 is 2.12. The van der Waals surface area contributed by atoms with Gasteiger partial charge in [-0.3, -0.25) is 4.90 Å². The van der Waals surface area contributed by atoms with Crippen LogP contribution in [-0.4, -0.2) is 44.0 Å². The fraction of sp³-hybridized carbons (Fsp3) is 0.846. The van der Waals surface area contributed by atoms with E-state index in [9.17, 15) is 5.11 Å². The summed E-state index contributed by atoms with van der Waals surface area (Å²) >= 11 is 0. The van der Waals surface area contributed by atoms with Crippen LogP contribution in [0.5, 0.6) is 0 Å². The molecule has 1 aliphatic carbocycles. The summed E-state index contributed by atoms with van der Waals surface area (Å²) in [5.41, 5.74) is -0.485. The van der Waals surface area contributed by atoms with Crippen LogP contribution in [0.3, 0.4) is 0 Å². The van der Waals surface area contributed by atoms with E-state index in [1.54, 1.807) is 0 Å². The van der Waals surface area contributed by atoms with E-state index in [0.717, 1.165) is 57.0 Å². The maximum absolute atomic E-state index is 10.4. The van der Waals surface area contributed by atoms with Crippen molar-refractivity contribution in [1.82, 2.24) is 19.7 Å². The number of hydrogen-bond donors (Lipinski definition) is 1. The Kier molecular flexibility index (Phi) is 4.02. The van der Waals surface area contributed by atoms with Crippen molar-refractivity contribution in [2.24, 2.45) is 0 Å². The molecule has 0 spiro atoms. The van der Waals surface area contributed by atoms with Crippen molar-refractivity contribution in [2.75, 3.05) is 13.6 Å². The predicted molar refractivity (Wildman–Crippen MR) is 70.2 cm³/mol. The first kappa shape index (κ1) is 13.5. The number of nitrogens with zero attached hydrogens (tertiary/aromatic N) is 4. The molecule has 0 aromatic carbocycles. The molecule has 1 aromatic rings. The average Bonchev–Trinajstić information content (AvgIpc) is 2.86. The zero-order chi connectivity index (χ0) is 13.2. The Bertz CT molecular complexity index is 396. The average molecular weight is 252 g/mol. The minimum atomic E-state index is -0.485. The van der Waals surface area contributed by atoms with E-state index in [-0.39, 0.29) is 0 Å². The molecule has 1 aliphatic rings. The van der Waals surface area contributed by atoms with Gasteiger partial charge in [0.2, 0.25) is 0 Å². The lowest BCUT2D eigenvalue weighted by atomic mass is 10.0. The molecule has 1 fully saturated rings. The minimum Gasteiger partial charge on any atom is -0.389 e. The third-order valence-electron chi connectivity index (χ3n) is 3.84. The summed E-state index contributed by atoms with van der Waals surface area (Å²) in [4.78, 5) is 2.15. The maximum atomic E-state index is 10.4. The first-order valence-corrected chi connectivity index (χ1v) is 6.84. The molecule has 1 aromatic heterocycles. The lowest BCUT2D eigenvalue weighted by Gasteiger charge is -2.28. The molecule has 102 valence electrons. The Morgan fingerprint density at radius 3 is 2.61 bits per heavy atom. The van der Waals surface area contributed by atoms with Gasteiger partial charge in [-0.25, -0.2) is 0 Å². The fourth-order valence-corrected chi connectivity index (χ4v) is 2.94. The highest BCUT2D eigenvalue weighted by Crippen LogP contribution is 2.30. The summed E-state index contributed by atoms with van der Waals surface area (Å²) in [6, 6.07) is 0. The smallest absolute Gasteiger partial charge is 0.147 e. The molecule has 0 aliphatic heterocycles. The number of hydrogen-bond acceptors (Lipinski definition) is 4. The zero-order valence-corrected chi connectivity index (χ0v) is 11.7. The van der Waals surface area contributed by atoms with E-state index in [0.29, 0.717) is 0 Å². The summed E-state index contributed by atoms with van der Waals surface area (Å²) in [5.74, 6) is 1.94. The van der Waals surface area contributed by atoms with E-state index in [1.807, 2.05) is 14.0 Å². The predicted octanol–water partition coefficient (Wildman–Crippen LogP) is 1.34. The van der Waals surface area contributed by atoms with Crippen LogP contribution >= 0.6 is 0 Å². The molecule has 0 radical (unpaired) electrons. The number of likely N-dealkylation sites (N-methyl/N-ethyl adjacent to an activating group) is 1. The zero-order valence-electron chi connectivity index (χ0n) is 11.7. The summed E-state index contributed by atoms with van der Waals surface area (Å²) in [7, 11) is 2.04. The van der Waals surface area contributed by atoms with Crippen LogP contribution in [0.15, 0.2) is 0 Å². The lowest BCUT2D eigenvalue weighted by molar-refractivity contribution is 0.0137. The molecule has 0 atom stereocenters. The van der Waals surface area contributed by atoms with Gasteiger partial charge in [0.1, 0.15) is 11.6 Å². The molecule has 1 saturated carbocycles. The standard InChI is InChI=1S/C13H24N4O/c1-4-17-11(2)14-15-12(17)9-16(3)10-13(18)7-5-6-8-13/h18H,4-10H2,1-3H3. The van der Waals surface area contributed by atoms with E-state index < -0.39 is 5.60 Å². The second kappa shape index (κ2) is 5.36. The lowest BCUT2D eigenvalue weighted by Crippen LogP contribution is -2.39. The van der Waals surface area contributed by atoms with Crippen LogP contribution in [0.1, 0.15) is 44.3 Å². The monoisotopic (exact) mass is 252 g/mol. The quantitative estimate of drug-likeness (QED) is 0.859. The van der Waals surface area contributed by atoms with Gasteiger partial charge in [0.15, 0.2) is 0 Å². The van der Waals surface area contributed by atoms with E-state index in [4.69, 9.17) is 0 Å². The van der Waals surface area contributed by atoms with Gasteiger partial charge in [-0.1, -0.05) is 12.8 Å². The van der Waals surface area contributed by atoms with Gasteiger partial charge in [-0.15, -0.1) is 10.2 Å². The Hall–Kier alpha value is -0.940. The Morgan fingerprint density at radius 1 is 1.33 bits per heavy atom. The number of aromatic nitrogens is 3. The molecule has 0 bridgehead atoms. The minimum absolute atomic E-state index is 0.485. The second-order valence-corrected chi connectivity index (χ2v) is 5.51. The van der Waals surface area contributed by atoms with E-state index in [1.165, 1.54) is 0 Å². The molecule has 5 heteroatoms. The topological polar surface area (TPSA) is 54.2 Å². The van der Waals surface area contributed by atoms with Crippen LogP contribution < -0.4 is 0 Å². The van der Waals surface area contributed by atoms with E-state index >= 15 is 0 Å². The Balaban J connectivity index is 1.96. The number of aryl methyl sites for hydroxylation is 1. The molecule has 0 unspecified atom stereocenters. The number of aliphatic hydroxyl groups is 1. The Labute approximate surface area is 109 Å². The number of rotatable bonds is 5. The van der Waals surface area contributed by atoms with Gasteiger partial charge in [0, 0.05) is 13.1 Å². The van der Waals surface area contributed by atoms with Crippen molar-refractivity contribution >= 4 is 0 Å². The van der Waals surface area contributed by atoms with Gasteiger partial charge in [-0.2, -0.15) is 0 Å². The van der Waals surface area contributed by atoms with Crippen molar-refractivity contribution in [3.05, 3.63) is 11.6 Å². The molecule has 1 heterocycles. The molecular weight excluding hydrogens is 228 g/mol. The third kappa shape index (κ3) is 2.90. The van der Waals surface area contributed by atoms with Crippen LogP contribution in [-0.2, 0) is 13.1 Å². The van der Waals surface area contributed by atoms with E-state index in [2.05, 4.69) is 26.6 Å². The molecule has 5 nitrogen and oxygen atoms in total. The van der Waals surface area contributed by atoms with Crippen LogP contribution in [0.25, 0.3) is 0 Å². The summed E-state index contributed by atoms with van der Waals surface area (Å²) in [6.07, 6.45) is 4.15. The van der Waals surface area contributed by atoms with Gasteiger partial charge >= 0.3 is 0 Å². The maximum Gasteiger partial charge on any atom is 0.147 e. The summed E-state index contributed by atoms with van der Waals surface area (Å²) in [5, 5.41) is 18.7. The normalized spacial score (nSPS) is 18.7. The van der Waals surface area contributed by atoms with Gasteiger partial charge in [0.25, 0.3) is 0 Å². The first-order valence-electron chi connectivity index (χ1n) is 6.84. The highest BCUT2D eigenvalue weighted by atomic mass is 16.3.